The number of nitrogen functional groups attached to an aromatic ring is 1. The summed E-state index contributed by atoms with van der Waals surface area (Å²) in [5, 5.41) is 0.949. The van der Waals surface area contributed by atoms with Crippen molar-refractivity contribution in [3.8, 4) is 0 Å². The van der Waals surface area contributed by atoms with Crippen molar-refractivity contribution in [3.05, 3.63) is 39.7 Å². The third kappa shape index (κ3) is 1.18. The molecule has 1 aromatic heterocycles. The highest BCUT2D eigenvalue weighted by Gasteiger charge is 2.04. The van der Waals surface area contributed by atoms with Crippen LogP contribution in [-0.2, 0) is 0 Å². The van der Waals surface area contributed by atoms with Gasteiger partial charge in [0.25, 0.3) is 0 Å². The standard InChI is InChI=1S/C11H12N2O/c1-6-3-4-8-10(11(6)12)7(2)5-9(14)13-8/h3-5H,12H2,1-2H3,(H,13,14). The molecule has 0 saturated heterocycles. The fourth-order valence-corrected chi connectivity index (χ4v) is 1.69. The summed E-state index contributed by atoms with van der Waals surface area (Å²) in [5.41, 5.74) is 9.37. The van der Waals surface area contributed by atoms with Gasteiger partial charge in [-0.05, 0) is 31.0 Å². The maximum absolute atomic E-state index is 11.2. The normalized spacial score (nSPS) is 10.7. The van der Waals surface area contributed by atoms with Crippen LogP contribution in [0.1, 0.15) is 11.1 Å². The Kier molecular flexibility index (Phi) is 1.81. The summed E-state index contributed by atoms with van der Waals surface area (Å²) in [7, 11) is 0. The van der Waals surface area contributed by atoms with Crippen molar-refractivity contribution in [1.82, 2.24) is 4.98 Å². The van der Waals surface area contributed by atoms with Crippen molar-refractivity contribution in [1.29, 1.82) is 0 Å². The second-order valence-electron chi connectivity index (χ2n) is 3.54. The van der Waals surface area contributed by atoms with Gasteiger partial charge in [0, 0.05) is 17.1 Å². The van der Waals surface area contributed by atoms with Crippen LogP contribution in [0.4, 0.5) is 5.69 Å². The molecule has 2 aromatic rings. The fraction of sp³-hybridized carbons (Fsp3) is 0.182. The van der Waals surface area contributed by atoms with E-state index in [-0.39, 0.29) is 5.56 Å². The largest absolute Gasteiger partial charge is 0.398 e. The number of nitrogens with one attached hydrogen (secondary N) is 1. The molecule has 3 nitrogen and oxygen atoms in total. The number of aromatic nitrogens is 1. The molecule has 0 aliphatic rings. The molecule has 3 N–H and O–H groups in total. The number of pyridine rings is 1. The third-order valence-corrected chi connectivity index (χ3v) is 2.46. The molecular weight excluding hydrogens is 176 g/mol. The SMILES string of the molecule is Cc1ccc2[nH]c(=O)cc(C)c2c1N. The number of fused-ring (bicyclic) bond motifs is 1. The van der Waals surface area contributed by atoms with Gasteiger partial charge in [-0.2, -0.15) is 0 Å². The van der Waals surface area contributed by atoms with Crippen LogP contribution in [0.3, 0.4) is 0 Å². The molecule has 0 fully saturated rings. The van der Waals surface area contributed by atoms with Crippen LogP contribution < -0.4 is 11.3 Å². The Labute approximate surface area is 81.6 Å². The van der Waals surface area contributed by atoms with E-state index in [2.05, 4.69) is 4.98 Å². The predicted molar refractivity (Wildman–Crippen MR) is 58.5 cm³/mol. The Morgan fingerprint density at radius 1 is 1.21 bits per heavy atom. The van der Waals surface area contributed by atoms with Crippen LogP contribution in [0.5, 0.6) is 0 Å². The minimum Gasteiger partial charge on any atom is -0.398 e. The van der Waals surface area contributed by atoms with Crippen LogP contribution in [0.2, 0.25) is 0 Å². The van der Waals surface area contributed by atoms with Gasteiger partial charge in [-0.1, -0.05) is 6.07 Å². The number of anilines is 1. The maximum Gasteiger partial charge on any atom is 0.248 e. The number of hydrogen-bond acceptors (Lipinski definition) is 2. The average molecular weight is 188 g/mol. The van der Waals surface area contributed by atoms with E-state index in [0.29, 0.717) is 0 Å². The Morgan fingerprint density at radius 3 is 2.64 bits per heavy atom. The van der Waals surface area contributed by atoms with Crippen LogP contribution in [0.25, 0.3) is 10.9 Å². The Balaban J connectivity index is 3.03. The highest BCUT2D eigenvalue weighted by atomic mass is 16.1. The Hall–Kier alpha value is -1.77. The molecule has 0 aliphatic carbocycles. The van der Waals surface area contributed by atoms with E-state index < -0.39 is 0 Å². The van der Waals surface area contributed by atoms with E-state index in [1.54, 1.807) is 6.07 Å². The van der Waals surface area contributed by atoms with Gasteiger partial charge < -0.3 is 10.7 Å². The summed E-state index contributed by atoms with van der Waals surface area (Å²) >= 11 is 0. The average Bonchev–Trinajstić information content (AvgIpc) is 2.10. The van der Waals surface area contributed by atoms with Crippen LogP contribution in [-0.4, -0.2) is 4.98 Å². The van der Waals surface area contributed by atoms with Crippen molar-refractivity contribution < 1.29 is 0 Å². The van der Waals surface area contributed by atoms with Gasteiger partial charge in [0.2, 0.25) is 5.56 Å². The molecule has 0 spiro atoms. The molecule has 1 aromatic carbocycles. The molecule has 0 atom stereocenters. The van der Waals surface area contributed by atoms with Gasteiger partial charge in [0.15, 0.2) is 0 Å². The molecule has 3 heteroatoms. The van der Waals surface area contributed by atoms with E-state index in [0.717, 1.165) is 27.7 Å². The molecule has 2 rings (SSSR count). The quantitative estimate of drug-likeness (QED) is 0.618. The van der Waals surface area contributed by atoms with Gasteiger partial charge in [-0.25, -0.2) is 0 Å². The maximum atomic E-state index is 11.2. The van der Waals surface area contributed by atoms with Crippen molar-refractivity contribution in [2.45, 2.75) is 13.8 Å². The summed E-state index contributed by atoms with van der Waals surface area (Å²) in [5.74, 6) is 0. The summed E-state index contributed by atoms with van der Waals surface area (Å²) in [6.07, 6.45) is 0. The van der Waals surface area contributed by atoms with E-state index in [9.17, 15) is 4.79 Å². The minimum absolute atomic E-state index is 0.0850. The van der Waals surface area contributed by atoms with Crippen LogP contribution in [0, 0.1) is 13.8 Å². The Morgan fingerprint density at radius 2 is 1.93 bits per heavy atom. The molecule has 0 saturated carbocycles. The summed E-state index contributed by atoms with van der Waals surface area (Å²) in [4.78, 5) is 14.0. The lowest BCUT2D eigenvalue weighted by Crippen LogP contribution is -2.06. The first-order valence-corrected chi connectivity index (χ1v) is 4.48. The number of H-pyrrole nitrogens is 1. The van der Waals surface area contributed by atoms with Crippen molar-refractivity contribution in [2.24, 2.45) is 0 Å². The fourth-order valence-electron chi connectivity index (χ4n) is 1.69. The summed E-state index contributed by atoms with van der Waals surface area (Å²) < 4.78 is 0. The first-order chi connectivity index (χ1) is 6.59. The lowest BCUT2D eigenvalue weighted by Gasteiger charge is -2.07. The summed E-state index contributed by atoms with van der Waals surface area (Å²) in [6, 6.07) is 5.36. The zero-order chi connectivity index (χ0) is 10.3. The van der Waals surface area contributed by atoms with Gasteiger partial charge in [0.05, 0.1) is 5.52 Å². The molecule has 0 radical (unpaired) electrons. The van der Waals surface area contributed by atoms with Crippen molar-refractivity contribution in [3.63, 3.8) is 0 Å². The lowest BCUT2D eigenvalue weighted by atomic mass is 10.1. The molecular formula is C11H12N2O. The van der Waals surface area contributed by atoms with E-state index >= 15 is 0 Å². The highest BCUT2D eigenvalue weighted by molar-refractivity contribution is 5.94. The number of rotatable bonds is 0. The smallest absolute Gasteiger partial charge is 0.248 e. The molecule has 1 heterocycles. The first-order valence-electron chi connectivity index (χ1n) is 4.48. The minimum atomic E-state index is -0.0850. The van der Waals surface area contributed by atoms with Crippen molar-refractivity contribution >= 4 is 16.6 Å². The molecule has 0 bridgehead atoms. The third-order valence-electron chi connectivity index (χ3n) is 2.46. The molecule has 14 heavy (non-hydrogen) atoms. The number of aryl methyl sites for hydroxylation is 2. The highest BCUT2D eigenvalue weighted by Crippen LogP contribution is 2.24. The van der Waals surface area contributed by atoms with Crippen LogP contribution in [0.15, 0.2) is 23.0 Å². The van der Waals surface area contributed by atoms with E-state index in [1.807, 2.05) is 26.0 Å². The zero-order valence-corrected chi connectivity index (χ0v) is 8.22. The van der Waals surface area contributed by atoms with Gasteiger partial charge in [0.1, 0.15) is 0 Å². The number of benzene rings is 1. The molecule has 0 unspecified atom stereocenters. The number of nitrogens with two attached hydrogens (primary N) is 1. The van der Waals surface area contributed by atoms with Gasteiger partial charge >= 0.3 is 0 Å². The zero-order valence-electron chi connectivity index (χ0n) is 8.22. The molecule has 0 amide bonds. The predicted octanol–water partition coefficient (Wildman–Crippen LogP) is 1.73. The van der Waals surface area contributed by atoms with Gasteiger partial charge in [-0.3, -0.25) is 4.79 Å². The van der Waals surface area contributed by atoms with E-state index in [1.165, 1.54) is 0 Å². The monoisotopic (exact) mass is 188 g/mol. The number of hydrogen-bond donors (Lipinski definition) is 2. The number of aromatic amines is 1. The van der Waals surface area contributed by atoms with Crippen molar-refractivity contribution in [2.75, 3.05) is 5.73 Å². The van der Waals surface area contributed by atoms with Gasteiger partial charge in [-0.15, -0.1) is 0 Å². The lowest BCUT2D eigenvalue weighted by molar-refractivity contribution is 1.27. The second kappa shape index (κ2) is 2.87. The first kappa shape index (κ1) is 8.81. The molecule has 72 valence electrons. The second-order valence-corrected chi connectivity index (χ2v) is 3.54. The van der Waals surface area contributed by atoms with E-state index in [4.69, 9.17) is 5.73 Å². The Bertz CT molecular complexity index is 555. The van der Waals surface area contributed by atoms with Crippen LogP contribution >= 0.6 is 0 Å². The molecule has 0 aliphatic heterocycles. The topological polar surface area (TPSA) is 58.9 Å². The summed E-state index contributed by atoms with van der Waals surface area (Å²) in [6.45, 7) is 3.85.